The van der Waals surface area contributed by atoms with Gasteiger partial charge in [0.25, 0.3) is 0 Å². The molecule has 0 aromatic heterocycles. The summed E-state index contributed by atoms with van der Waals surface area (Å²) in [5, 5.41) is 2.94. The van der Waals surface area contributed by atoms with Crippen molar-refractivity contribution in [1.29, 1.82) is 0 Å². The van der Waals surface area contributed by atoms with Crippen LogP contribution in [-0.4, -0.2) is 17.5 Å². The van der Waals surface area contributed by atoms with Crippen LogP contribution < -0.4 is 5.32 Å². The average molecular weight is 323 g/mol. The van der Waals surface area contributed by atoms with E-state index in [4.69, 9.17) is 0 Å². The van der Waals surface area contributed by atoms with Gasteiger partial charge >= 0.3 is 0 Å². The highest BCUT2D eigenvalue weighted by atomic mass is 16.1. The molecule has 0 aliphatic heterocycles. The smallest absolute Gasteiger partial charge is 0.217 e. The molecule has 2 aromatic carbocycles. The van der Waals surface area contributed by atoms with Gasteiger partial charge in [0.15, 0.2) is 11.6 Å². The summed E-state index contributed by atoms with van der Waals surface area (Å²) in [4.78, 5) is 34.3. The van der Waals surface area contributed by atoms with E-state index in [0.717, 1.165) is 11.1 Å². The topological polar surface area (TPSA) is 63.2 Å². The minimum absolute atomic E-state index is 0.0115. The summed E-state index contributed by atoms with van der Waals surface area (Å²) in [5.41, 5.74) is 3.27. The predicted octanol–water partition coefficient (Wildman–Crippen LogP) is 3.51. The fraction of sp³-hybridized carbons (Fsp3) is 0.250. The molecule has 4 heteroatoms. The molecule has 2 aromatic rings. The van der Waals surface area contributed by atoms with Crippen molar-refractivity contribution in [2.45, 2.75) is 33.2 Å². The van der Waals surface area contributed by atoms with Crippen LogP contribution in [-0.2, 0) is 11.2 Å². The van der Waals surface area contributed by atoms with Gasteiger partial charge in [-0.1, -0.05) is 48.5 Å². The number of rotatable bonds is 6. The molecule has 24 heavy (non-hydrogen) atoms. The second kappa shape index (κ2) is 7.68. The van der Waals surface area contributed by atoms with Crippen LogP contribution in [0.5, 0.6) is 0 Å². The van der Waals surface area contributed by atoms with Crippen LogP contribution in [0, 0.1) is 0 Å². The first-order chi connectivity index (χ1) is 11.4. The first-order valence-electron chi connectivity index (χ1n) is 7.84. The van der Waals surface area contributed by atoms with Crippen molar-refractivity contribution >= 4 is 17.5 Å². The Morgan fingerprint density at radius 2 is 1.25 bits per heavy atom. The summed E-state index contributed by atoms with van der Waals surface area (Å²) in [5.74, 6) is -0.0757. The van der Waals surface area contributed by atoms with E-state index in [1.807, 2.05) is 24.3 Å². The minimum Gasteiger partial charge on any atom is -0.349 e. The van der Waals surface area contributed by atoms with Crippen molar-refractivity contribution in [2.24, 2.45) is 0 Å². The third kappa shape index (κ3) is 4.62. The number of amides is 1. The zero-order valence-corrected chi connectivity index (χ0v) is 14.1. The number of carbonyl (C=O) groups excluding carboxylic acids is 3. The van der Waals surface area contributed by atoms with Crippen molar-refractivity contribution < 1.29 is 14.4 Å². The maximum atomic E-state index is 11.5. The Morgan fingerprint density at radius 3 is 1.67 bits per heavy atom. The summed E-state index contributed by atoms with van der Waals surface area (Å²) in [7, 11) is 0. The zero-order chi connectivity index (χ0) is 17.7. The minimum atomic E-state index is -0.188. The lowest BCUT2D eigenvalue weighted by Crippen LogP contribution is -2.27. The molecule has 1 atom stereocenters. The molecule has 0 saturated carbocycles. The highest BCUT2D eigenvalue weighted by molar-refractivity contribution is 5.94. The molecule has 124 valence electrons. The molecule has 1 unspecified atom stereocenters. The lowest BCUT2D eigenvalue weighted by atomic mass is 9.96. The standard InChI is InChI=1S/C20H21NO3/c1-13(22)17-6-4-16(5-7-17)12-20(21-15(3)24)19-10-8-18(9-11-19)14(2)23/h4-11,20H,12H2,1-3H3,(H,21,24). The van der Waals surface area contributed by atoms with Crippen molar-refractivity contribution in [3.05, 3.63) is 70.8 Å². The van der Waals surface area contributed by atoms with E-state index in [1.54, 1.807) is 24.3 Å². The number of hydrogen-bond donors (Lipinski definition) is 1. The van der Waals surface area contributed by atoms with Crippen LogP contribution in [0.25, 0.3) is 0 Å². The number of ketones is 2. The molecular weight excluding hydrogens is 302 g/mol. The Kier molecular flexibility index (Phi) is 5.64. The van der Waals surface area contributed by atoms with Gasteiger partial charge in [0.2, 0.25) is 5.91 Å². The number of hydrogen-bond acceptors (Lipinski definition) is 3. The number of carbonyl (C=O) groups is 3. The molecule has 0 aliphatic rings. The van der Waals surface area contributed by atoms with E-state index in [9.17, 15) is 14.4 Å². The maximum Gasteiger partial charge on any atom is 0.217 e. The maximum absolute atomic E-state index is 11.5. The Bertz CT molecular complexity index is 745. The van der Waals surface area contributed by atoms with Crippen LogP contribution in [0.4, 0.5) is 0 Å². The number of nitrogens with one attached hydrogen (secondary N) is 1. The van der Waals surface area contributed by atoms with Crippen molar-refractivity contribution in [1.82, 2.24) is 5.32 Å². The average Bonchev–Trinajstić information content (AvgIpc) is 2.54. The summed E-state index contributed by atoms with van der Waals surface area (Å²) in [6, 6.07) is 14.5. The third-order valence-electron chi connectivity index (χ3n) is 3.90. The molecule has 1 N–H and O–H groups in total. The van der Waals surface area contributed by atoms with E-state index < -0.39 is 0 Å². The van der Waals surface area contributed by atoms with Crippen LogP contribution in [0.1, 0.15) is 58.7 Å². The summed E-state index contributed by atoms with van der Waals surface area (Å²) in [6.45, 7) is 4.54. The quantitative estimate of drug-likeness (QED) is 0.827. The molecule has 4 nitrogen and oxygen atoms in total. The molecule has 0 aliphatic carbocycles. The Balaban J connectivity index is 2.23. The monoisotopic (exact) mass is 323 g/mol. The van der Waals surface area contributed by atoms with Gasteiger partial charge in [-0.2, -0.15) is 0 Å². The van der Waals surface area contributed by atoms with E-state index in [2.05, 4.69) is 5.32 Å². The fourth-order valence-electron chi connectivity index (χ4n) is 2.56. The molecule has 1 amide bonds. The second-order valence-corrected chi connectivity index (χ2v) is 5.89. The Morgan fingerprint density at radius 1 is 0.792 bits per heavy atom. The Hall–Kier alpha value is -2.75. The molecule has 0 bridgehead atoms. The Labute approximate surface area is 141 Å². The van der Waals surface area contributed by atoms with Gasteiger partial charge < -0.3 is 5.32 Å². The van der Waals surface area contributed by atoms with E-state index >= 15 is 0 Å². The highest BCUT2D eigenvalue weighted by Crippen LogP contribution is 2.20. The van der Waals surface area contributed by atoms with Gasteiger partial charge in [-0.05, 0) is 31.4 Å². The number of benzene rings is 2. The predicted molar refractivity (Wildman–Crippen MR) is 93.2 cm³/mol. The van der Waals surface area contributed by atoms with Crippen molar-refractivity contribution in [2.75, 3.05) is 0 Å². The largest absolute Gasteiger partial charge is 0.349 e. The van der Waals surface area contributed by atoms with Crippen LogP contribution in [0.15, 0.2) is 48.5 Å². The van der Waals surface area contributed by atoms with Gasteiger partial charge in [0.1, 0.15) is 0 Å². The lowest BCUT2D eigenvalue weighted by molar-refractivity contribution is -0.119. The third-order valence-corrected chi connectivity index (χ3v) is 3.90. The molecule has 0 radical (unpaired) electrons. The zero-order valence-electron chi connectivity index (χ0n) is 14.1. The van der Waals surface area contributed by atoms with E-state index in [1.165, 1.54) is 20.8 Å². The van der Waals surface area contributed by atoms with Gasteiger partial charge in [0, 0.05) is 18.1 Å². The van der Waals surface area contributed by atoms with Crippen molar-refractivity contribution in [3.8, 4) is 0 Å². The van der Waals surface area contributed by atoms with Crippen LogP contribution in [0.2, 0.25) is 0 Å². The van der Waals surface area contributed by atoms with Gasteiger partial charge in [-0.25, -0.2) is 0 Å². The number of Topliss-reactive ketones (excluding diaryl/α,β-unsaturated/α-hetero) is 2. The molecule has 0 saturated heterocycles. The normalized spacial score (nSPS) is 11.6. The fourth-order valence-corrected chi connectivity index (χ4v) is 2.56. The van der Waals surface area contributed by atoms with Gasteiger partial charge in [0.05, 0.1) is 6.04 Å². The first kappa shape index (κ1) is 17.6. The molecular formula is C20H21NO3. The molecule has 0 heterocycles. The van der Waals surface area contributed by atoms with Crippen molar-refractivity contribution in [3.63, 3.8) is 0 Å². The van der Waals surface area contributed by atoms with Gasteiger partial charge in [-0.3, -0.25) is 14.4 Å². The SMILES string of the molecule is CC(=O)NC(Cc1ccc(C(C)=O)cc1)c1ccc(C(C)=O)cc1. The van der Waals surface area contributed by atoms with E-state index in [-0.39, 0.29) is 23.5 Å². The molecule has 0 spiro atoms. The highest BCUT2D eigenvalue weighted by Gasteiger charge is 2.14. The van der Waals surface area contributed by atoms with E-state index in [0.29, 0.717) is 17.5 Å². The second-order valence-electron chi connectivity index (χ2n) is 5.89. The molecule has 0 fully saturated rings. The summed E-state index contributed by atoms with van der Waals surface area (Å²) in [6.07, 6.45) is 0.608. The van der Waals surface area contributed by atoms with Crippen LogP contribution in [0.3, 0.4) is 0 Å². The van der Waals surface area contributed by atoms with Gasteiger partial charge in [-0.15, -0.1) is 0 Å². The molecule has 2 rings (SSSR count). The summed E-state index contributed by atoms with van der Waals surface area (Å²) < 4.78 is 0. The van der Waals surface area contributed by atoms with Crippen LogP contribution >= 0.6 is 0 Å². The first-order valence-corrected chi connectivity index (χ1v) is 7.84. The lowest BCUT2D eigenvalue weighted by Gasteiger charge is -2.19. The summed E-state index contributed by atoms with van der Waals surface area (Å²) >= 11 is 0.